The van der Waals surface area contributed by atoms with Gasteiger partial charge in [-0.1, -0.05) is 33.6 Å². The molecule has 1 saturated carbocycles. The highest BCUT2D eigenvalue weighted by atomic mass is 16.6. The van der Waals surface area contributed by atoms with Crippen molar-refractivity contribution in [2.75, 3.05) is 31.1 Å². The van der Waals surface area contributed by atoms with Gasteiger partial charge >= 0.3 is 6.09 Å². The lowest BCUT2D eigenvalue weighted by Gasteiger charge is -2.29. The van der Waals surface area contributed by atoms with E-state index in [1.807, 2.05) is 15.9 Å². The van der Waals surface area contributed by atoms with Crippen LogP contribution in [0.3, 0.4) is 0 Å². The number of hydrogen-bond acceptors (Lipinski definition) is 6. The van der Waals surface area contributed by atoms with Gasteiger partial charge < -0.3 is 14.5 Å². The molecular formula is C24H35N5O3. The van der Waals surface area contributed by atoms with Crippen molar-refractivity contribution in [3.05, 3.63) is 18.1 Å². The van der Waals surface area contributed by atoms with Crippen LogP contribution in [0.15, 0.2) is 12.3 Å². The van der Waals surface area contributed by atoms with E-state index in [-0.39, 0.29) is 41.5 Å². The average Bonchev–Trinajstić information content (AvgIpc) is 3.52. The Hall–Kier alpha value is -2.38. The molecule has 0 N–H and O–H groups in total. The minimum absolute atomic E-state index is 0.00682. The Morgan fingerprint density at radius 3 is 2.78 bits per heavy atom. The fourth-order valence-electron chi connectivity index (χ4n) is 5.97. The van der Waals surface area contributed by atoms with Crippen molar-refractivity contribution in [1.82, 2.24) is 19.8 Å². The van der Waals surface area contributed by atoms with E-state index in [4.69, 9.17) is 9.72 Å². The van der Waals surface area contributed by atoms with Crippen LogP contribution in [0.4, 0.5) is 10.6 Å². The van der Waals surface area contributed by atoms with Crippen LogP contribution in [-0.2, 0) is 9.53 Å². The summed E-state index contributed by atoms with van der Waals surface area (Å²) < 4.78 is 5.76. The van der Waals surface area contributed by atoms with Crippen LogP contribution < -0.4 is 4.90 Å². The van der Waals surface area contributed by atoms with E-state index in [2.05, 4.69) is 30.7 Å². The van der Waals surface area contributed by atoms with Gasteiger partial charge in [0.1, 0.15) is 17.7 Å². The maximum absolute atomic E-state index is 13.0. The van der Waals surface area contributed by atoms with Gasteiger partial charge in [0.05, 0.1) is 18.6 Å². The second-order valence-corrected chi connectivity index (χ2v) is 10.7. The van der Waals surface area contributed by atoms with Gasteiger partial charge in [-0.05, 0) is 30.7 Å². The summed E-state index contributed by atoms with van der Waals surface area (Å²) in [4.78, 5) is 40.9. The Bertz CT molecular complexity index is 884. The first-order chi connectivity index (χ1) is 15.3. The largest absolute Gasteiger partial charge is 0.442 e. The Morgan fingerprint density at radius 2 is 2.03 bits per heavy atom. The number of ether oxygens (including phenoxy) is 1. The first kappa shape index (κ1) is 21.5. The molecule has 3 aliphatic heterocycles. The van der Waals surface area contributed by atoms with Gasteiger partial charge in [-0.2, -0.15) is 0 Å². The number of carbonyl (C=O) groups is 2. The van der Waals surface area contributed by atoms with E-state index in [0.717, 1.165) is 37.4 Å². The number of fused-ring (bicyclic) bond motifs is 1. The van der Waals surface area contributed by atoms with Crippen LogP contribution in [0.25, 0.3) is 0 Å². The zero-order valence-electron chi connectivity index (χ0n) is 19.5. The number of nitrogens with zero attached hydrogens (tertiary/aromatic N) is 5. The summed E-state index contributed by atoms with van der Waals surface area (Å²) in [7, 11) is 0. The summed E-state index contributed by atoms with van der Waals surface area (Å²) in [5.74, 6) is 2.23. The third-order valence-electron chi connectivity index (χ3n) is 7.86. The molecule has 0 radical (unpaired) electrons. The van der Waals surface area contributed by atoms with E-state index in [0.29, 0.717) is 26.1 Å². The number of carbonyl (C=O) groups excluding carboxylic acids is 2. The highest BCUT2D eigenvalue weighted by Gasteiger charge is 2.51. The topological polar surface area (TPSA) is 78.9 Å². The molecule has 5 rings (SSSR count). The van der Waals surface area contributed by atoms with Gasteiger partial charge in [0, 0.05) is 38.2 Å². The highest BCUT2D eigenvalue weighted by Crippen LogP contribution is 2.41. The van der Waals surface area contributed by atoms with Gasteiger partial charge in [-0.25, -0.2) is 14.8 Å². The maximum atomic E-state index is 13.0. The highest BCUT2D eigenvalue weighted by molar-refractivity contribution is 5.78. The molecule has 0 aromatic carbocycles. The summed E-state index contributed by atoms with van der Waals surface area (Å²) in [5.41, 5.74) is 0.158. The zero-order chi connectivity index (χ0) is 22.5. The fraction of sp³-hybridized carbons (Fsp3) is 0.750. The summed E-state index contributed by atoms with van der Waals surface area (Å²) in [6.45, 7) is 9.12. The molecule has 4 aliphatic rings. The lowest BCUT2D eigenvalue weighted by molar-refractivity contribution is -0.132. The summed E-state index contributed by atoms with van der Waals surface area (Å²) in [6.07, 6.45) is 7.65. The van der Waals surface area contributed by atoms with E-state index in [1.165, 1.54) is 12.8 Å². The average molecular weight is 442 g/mol. The Balaban J connectivity index is 1.23. The lowest BCUT2D eigenvalue weighted by atomic mass is 9.85. The normalized spacial score (nSPS) is 29.2. The SMILES string of the molecule is CC(C)c1nccc(N2C[C@@H]3OC(=O)N(C4CCN(C(=O)CC5(C)CCCC5)C4)[C@@H]3C2)n1. The van der Waals surface area contributed by atoms with Crippen molar-refractivity contribution >= 4 is 17.8 Å². The second-order valence-electron chi connectivity index (χ2n) is 10.7. The standard InChI is InChI=1S/C24H35N5O3/c1-16(2)22-25-10-6-20(26-22)28-14-18-19(15-28)32-23(31)29(18)17-7-11-27(13-17)21(30)12-24(3)8-4-5-9-24/h6,10,16-19H,4-5,7-9,11-15H2,1-3H3/t17?,18-,19+/m1/s1. The van der Waals surface area contributed by atoms with Gasteiger partial charge in [0.2, 0.25) is 5.91 Å². The van der Waals surface area contributed by atoms with Crippen molar-refractivity contribution in [2.45, 2.75) is 83.4 Å². The molecule has 3 saturated heterocycles. The summed E-state index contributed by atoms with van der Waals surface area (Å²) in [6, 6.07) is 1.97. The van der Waals surface area contributed by atoms with Crippen molar-refractivity contribution < 1.29 is 14.3 Å². The van der Waals surface area contributed by atoms with Gasteiger partial charge in [0.25, 0.3) is 0 Å². The van der Waals surface area contributed by atoms with Gasteiger partial charge in [-0.15, -0.1) is 0 Å². The smallest absolute Gasteiger partial charge is 0.410 e. The lowest BCUT2D eigenvalue weighted by Crippen LogP contribution is -2.46. The number of likely N-dealkylation sites (tertiary alicyclic amines) is 1. The number of amides is 2. The van der Waals surface area contributed by atoms with Crippen molar-refractivity contribution in [3.63, 3.8) is 0 Å². The van der Waals surface area contributed by atoms with E-state index >= 15 is 0 Å². The van der Waals surface area contributed by atoms with Crippen molar-refractivity contribution in [3.8, 4) is 0 Å². The third-order valence-corrected chi connectivity index (χ3v) is 7.86. The predicted molar refractivity (Wildman–Crippen MR) is 120 cm³/mol. The predicted octanol–water partition coefficient (Wildman–Crippen LogP) is 3.18. The summed E-state index contributed by atoms with van der Waals surface area (Å²) in [5, 5.41) is 0. The fourth-order valence-corrected chi connectivity index (χ4v) is 5.97. The molecule has 2 amide bonds. The molecule has 1 aromatic rings. The molecule has 8 nitrogen and oxygen atoms in total. The molecule has 3 atom stereocenters. The molecule has 0 spiro atoms. The molecule has 32 heavy (non-hydrogen) atoms. The first-order valence-electron chi connectivity index (χ1n) is 12.2. The summed E-state index contributed by atoms with van der Waals surface area (Å²) >= 11 is 0. The molecule has 4 heterocycles. The van der Waals surface area contributed by atoms with E-state index in [9.17, 15) is 9.59 Å². The van der Waals surface area contributed by atoms with Gasteiger partial charge in [0.15, 0.2) is 0 Å². The molecule has 0 bridgehead atoms. The Labute approximate surface area is 190 Å². The number of anilines is 1. The number of aromatic nitrogens is 2. The van der Waals surface area contributed by atoms with Gasteiger partial charge in [-0.3, -0.25) is 9.69 Å². The van der Waals surface area contributed by atoms with Crippen molar-refractivity contribution in [1.29, 1.82) is 0 Å². The van der Waals surface area contributed by atoms with Crippen LogP contribution in [0.2, 0.25) is 0 Å². The minimum atomic E-state index is -0.229. The molecule has 174 valence electrons. The minimum Gasteiger partial charge on any atom is -0.442 e. The number of hydrogen-bond donors (Lipinski definition) is 0. The van der Waals surface area contributed by atoms with Crippen LogP contribution >= 0.6 is 0 Å². The maximum Gasteiger partial charge on any atom is 0.410 e. The monoisotopic (exact) mass is 441 g/mol. The Morgan fingerprint density at radius 1 is 1.25 bits per heavy atom. The van der Waals surface area contributed by atoms with E-state index < -0.39 is 0 Å². The van der Waals surface area contributed by atoms with Crippen LogP contribution in [-0.4, -0.2) is 76.1 Å². The molecule has 1 unspecified atom stereocenters. The molecule has 4 fully saturated rings. The van der Waals surface area contributed by atoms with E-state index in [1.54, 1.807) is 6.20 Å². The third kappa shape index (κ3) is 3.92. The van der Waals surface area contributed by atoms with Crippen LogP contribution in [0, 0.1) is 5.41 Å². The Kier molecular flexibility index (Phi) is 5.50. The van der Waals surface area contributed by atoms with Crippen molar-refractivity contribution in [2.24, 2.45) is 5.41 Å². The zero-order valence-corrected chi connectivity index (χ0v) is 19.5. The molecular weight excluding hydrogens is 406 g/mol. The van der Waals surface area contributed by atoms with Crippen LogP contribution in [0.5, 0.6) is 0 Å². The number of rotatable bonds is 5. The second kappa shape index (κ2) is 8.19. The first-order valence-corrected chi connectivity index (χ1v) is 12.2. The molecule has 8 heteroatoms. The molecule has 1 aromatic heterocycles. The molecule has 1 aliphatic carbocycles. The quantitative estimate of drug-likeness (QED) is 0.698. The van der Waals surface area contributed by atoms with Crippen LogP contribution in [0.1, 0.15) is 71.0 Å².